The van der Waals surface area contributed by atoms with Crippen molar-refractivity contribution in [1.82, 2.24) is 10.2 Å². The molecule has 6 nitrogen and oxygen atoms in total. The van der Waals surface area contributed by atoms with Gasteiger partial charge in [-0.05, 0) is 30.3 Å². The van der Waals surface area contributed by atoms with Crippen molar-refractivity contribution in [2.45, 2.75) is 19.0 Å². The van der Waals surface area contributed by atoms with Crippen LogP contribution >= 0.6 is 12.4 Å². The van der Waals surface area contributed by atoms with Gasteiger partial charge in [-0.3, -0.25) is 9.59 Å². The van der Waals surface area contributed by atoms with Crippen molar-refractivity contribution >= 4 is 29.9 Å². The summed E-state index contributed by atoms with van der Waals surface area (Å²) in [6, 6.07) is 12.7. The van der Waals surface area contributed by atoms with E-state index >= 15 is 0 Å². The molecule has 2 aromatic carbocycles. The van der Waals surface area contributed by atoms with Gasteiger partial charge in [0.05, 0.1) is 19.6 Å². The molecule has 28 heavy (non-hydrogen) atoms. The average Bonchev–Trinajstić information content (AvgIpc) is 2.67. The Morgan fingerprint density at radius 2 is 1.96 bits per heavy atom. The first-order valence-electron chi connectivity index (χ1n) is 8.76. The normalized spacial score (nSPS) is 16.3. The number of rotatable bonds is 6. The topological polar surface area (TPSA) is 70.7 Å². The van der Waals surface area contributed by atoms with E-state index in [1.54, 1.807) is 54.5 Å². The molecule has 1 saturated heterocycles. The number of piperazine rings is 1. The number of ether oxygens (including phenoxy) is 1. The second kappa shape index (κ2) is 10.1. The van der Waals surface area contributed by atoms with Crippen LogP contribution in [-0.4, -0.2) is 43.0 Å². The van der Waals surface area contributed by atoms with E-state index in [4.69, 9.17) is 4.74 Å². The van der Waals surface area contributed by atoms with Crippen molar-refractivity contribution in [3.05, 3.63) is 59.9 Å². The van der Waals surface area contributed by atoms with Crippen molar-refractivity contribution in [1.29, 1.82) is 0 Å². The molecule has 8 heteroatoms. The molecule has 2 aromatic rings. The molecule has 2 amide bonds. The maximum absolute atomic E-state index is 13.8. The lowest BCUT2D eigenvalue weighted by atomic mass is 10.1. The molecule has 0 radical (unpaired) electrons. The minimum Gasteiger partial charge on any atom is -0.497 e. The molecule has 0 aliphatic carbocycles. The number of amides is 2. The summed E-state index contributed by atoms with van der Waals surface area (Å²) in [6.07, 6.45) is 0.0125. The number of hydrogen-bond acceptors (Lipinski definition) is 4. The third kappa shape index (κ3) is 5.43. The van der Waals surface area contributed by atoms with Gasteiger partial charge in [0.25, 0.3) is 0 Å². The Kier molecular flexibility index (Phi) is 7.78. The smallest absolute Gasteiger partial charge is 0.240 e. The highest BCUT2D eigenvalue weighted by molar-refractivity contribution is 5.95. The standard InChI is InChI=1S/C20H22FN3O3.ClH/c1-27-16-8-6-15(7-9-16)23-19(25)12-18-20(26)24(11-10-22-18)13-14-4-2-3-5-17(14)21;/h2-9,18,22H,10-13H2,1H3,(H,23,25);1H. The monoisotopic (exact) mass is 407 g/mol. The lowest BCUT2D eigenvalue weighted by Gasteiger charge is -2.33. The van der Waals surface area contributed by atoms with Crippen molar-refractivity contribution in [2.75, 3.05) is 25.5 Å². The van der Waals surface area contributed by atoms with E-state index in [-0.39, 0.29) is 43.0 Å². The fourth-order valence-corrected chi connectivity index (χ4v) is 3.01. The summed E-state index contributed by atoms with van der Waals surface area (Å²) in [5, 5.41) is 5.84. The van der Waals surface area contributed by atoms with Crippen LogP contribution in [0.15, 0.2) is 48.5 Å². The third-order valence-corrected chi connectivity index (χ3v) is 4.46. The molecule has 1 unspecified atom stereocenters. The van der Waals surface area contributed by atoms with E-state index in [0.717, 1.165) is 0 Å². The van der Waals surface area contributed by atoms with Crippen LogP contribution in [0.25, 0.3) is 0 Å². The van der Waals surface area contributed by atoms with Gasteiger partial charge in [0.1, 0.15) is 11.6 Å². The molecule has 1 aliphatic heterocycles. The van der Waals surface area contributed by atoms with Crippen LogP contribution in [-0.2, 0) is 16.1 Å². The van der Waals surface area contributed by atoms with Gasteiger partial charge in [-0.15, -0.1) is 12.4 Å². The molecule has 0 bridgehead atoms. The number of carbonyl (C=O) groups is 2. The largest absolute Gasteiger partial charge is 0.497 e. The summed E-state index contributed by atoms with van der Waals surface area (Å²) in [7, 11) is 1.57. The minimum absolute atomic E-state index is 0. The van der Waals surface area contributed by atoms with Crippen LogP contribution in [0.4, 0.5) is 10.1 Å². The molecular weight excluding hydrogens is 385 g/mol. The van der Waals surface area contributed by atoms with E-state index < -0.39 is 6.04 Å². The molecule has 150 valence electrons. The Labute approximate surface area is 169 Å². The van der Waals surface area contributed by atoms with Gasteiger partial charge < -0.3 is 20.3 Å². The number of methoxy groups -OCH3 is 1. The summed E-state index contributed by atoms with van der Waals surface area (Å²) in [4.78, 5) is 26.5. The fraction of sp³-hybridized carbons (Fsp3) is 0.300. The second-order valence-corrected chi connectivity index (χ2v) is 6.34. The highest BCUT2D eigenvalue weighted by atomic mass is 35.5. The number of halogens is 2. The molecule has 1 fully saturated rings. The zero-order valence-electron chi connectivity index (χ0n) is 15.5. The molecule has 0 saturated carbocycles. The van der Waals surface area contributed by atoms with Gasteiger partial charge in [-0.2, -0.15) is 0 Å². The molecular formula is C20H23ClFN3O3. The zero-order valence-corrected chi connectivity index (χ0v) is 16.3. The van der Waals surface area contributed by atoms with E-state index in [9.17, 15) is 14.0 Å². The van der Waals surface area contributed by atoms with Gasteiger partial charge in [-0.25, -0.2) is 4.39 Å². The number of hydrogen-bond donors (Lipinski definition) is 2. The number of nitrogens with one attached hydrogen (secondary N) is 2. The SMILES string of the molecule is COc1ccc(NC(=O)CC2NCCN(Cc3ccccc3F)C2=O)cc1.Cl. The van der Waals surface area contributed by atoms with Gasteiger partial charge in [-0.1, -0.05) is 18.2 Å². The van der Waals surface area contributed by atoms with E-state index in [2.05, 4.69) is 10.6 Å². The van der Waals surface area contributed by atoms with Gasteiger partial charge >= 0.3 is 0 Å². The Hall–Kier alpha value is -2.64. The first-order chi connectivity index (χ1) is 13.1. The lowest BCUT2D eigenvalue weighted by Crippen LogP contribution is -2.55. The van der Waals surface area contributed by atoms with Crippen LogP contribution < -0.4 is 15.4 Å². The Bertz CT molecular complexity index is 817. The highest BCUT2D eigenvalue weighted by Gasteiger charge is 2.30. The first kappa shape index (κ1) is 21.7. The summed E-state index contributed by atoms with van der Waals surface area (Å²) >= 11 is 0. The van der Waals surface area contributed by atoms with E-state index in [0.29, 0.717) is 30.1 Å². The van der Waals surface area contributed by atoms with E-state index in [1.165, 1.54) is 6.07 Å². The van der Waals surface area contributed by atoms with Gasteiger partial charge in [0.2, 0.25) is 11.8 Å². The Morgan fingerprint density at radius 3 is 2.64 bits per heavy atom. The van der Waals surface area contributed by atoms with Crippen molar-refractivity contribution in [3.63, 3.8) is 0 Å². The van der Waals surface area contributed by atoms with Gasteiger partial charge in [0, 0.05) is 30.9 Å². The van der Waals surface area contributed by atoms with E-state index in [1.807, 2.05) is 0 Å². The quantitative estimate of drug-likeness (QED) is 0.772. The minimum atomic E-state index is -0.622. The predicted molar refractivity (Wildman–Crippen MR) is 107 cm³/mol. The maximum atomic E-state index is 13.8. The van der Waals surface area contributed by atoms with Crippen LogP contribution in [0, 0.1) is 5.82 Å². The Morgan fingerprint density at radius 1 is 1.25 bits per heavy atom. The van der Waals surface area contributed by atoms with Crippen LogP contribution in [0.3, 0.4) is 0 Å². The van der Waals surface area contributed by atoms with Crippen LogP contribution in [0.5, 0.6) is 5.75 Å². The fourth-order valence-electron chi connectivity index (χ4n) is 3.01. The summed E-state index contributed by atoms with van der Waals surface area (Å²) in [6.45, 7) is 1.23. The molecule has 0 spiro atoms. The summed E-state index contributed by atoms with van der Waals surface area (Å²) < 4.78 is 18.9. The predicted octanol–water partition coefficient (Wildman–Crippen LogP) is 2.59. The maximum Gasteiger partial charge on any atom is 0.240 e. The van der Waals surface area contributed by atoms with Crippen molar-refractivity contribution in [2.24, 2.45) is 0 Å². The summed E-state index contributed by atoms with van der Waals surface area (Å²) in [5.74, 6) is -0.105. The molecule has 0 aromatic heterocycles. The lowest BCUT2D eigenvalue weighted by molar-refractivity contribution is -0.138. The number of nitrogens with zero attached hydrogens (tertiary/aromatic N) is 1. The molecule has 2 N–H and O–H groups in total. The van der Waals surface area contributed by atoms with Crippen molar-refractivity contribution in [3.8, 4) is 5.75 Å². The molecule has 1 aliphatic rings. The van der Waals surface area contributed by atoms with Gasteiger partial charge in [0.15, 0.2) is 0 Å². The van der Waals surface area contributed by atoms with Crippen LogP contribution in [0.2, 0.25) is 0 Å². The first-order valence-corrected chi connectivity index (χ1v) is 8.76. The number of carbonyl (C=O) groups excluding carboxylic acids is 2. The van der Waals surface area contributed by atoms with Crippen LogP contribution in [0.1, 0.15) is 12.0 Å². The highest BCUT2D eigenvalue weighted by Crippen LogP contribution is 2.17. The Balaban J connectivity index is 0.00000280. The molecule has 1 atom stereocenters. The molecule has 3 rings (SSSR count). The number of anilines is 1. The second-order valence-electron chi connectivity index (χ2n) is 6.34. The number of benzene rings is 2. The van der Waals surface area contributed by atoms with Crippen molar-refractivity contribution < 1.29 is 18.7 Å². The third-order valence-electron chi connectivity index (χ3n) is 4.46. The molecule has 1 heterocycles. The zero-order chi connectivity index (χ0) is 19.2. The average molecular weight is 408 g/mol. The summed E-state index contributed by atoms with van der Waals surface area (Å²) in [5.41, 5.74) is 1.10.